The Bertz CT molecular complexity index is 1140. The SMILES string of the molecule is O=C(NCCCCc1ccccc1)c1cccc(C2SCC(=O)N2c2ccc(C3CC3)cc2)c1. The average molecular weight is 471 g/mol. The molecule has 0 aromatic heterocycles. The van der Waals surface area contributed by atoms with Crippen LogP contribution in [-0.4, -0.2) is 24.1 Å². The van der Waals surface area contributed by atoms with Crippen LogP contribution in [0.15, 0.2) is 78.9 Å². The first-order valence-electron chi connectivity index (χ1n) is 12.1. The molecule has 1 aliphatic heterocycles. The van der Waals surface area contributed by atoms with Crippen molar-refractivity contribution in [2.24, 2.45) is 0 Å². The van der Waals surface area contributed by atoms with Crippen LogP contribution in [0.5, 0.6) is 0 Å². The summed E-state index contributed by atoms with van der Waals surface area (Å²) in [7, 11) is 0. The molecule has 2 fully saturated rings. The highest BCUT2D eigenvalue weighted by atomic mass is 32.2. The number of carbonyl (C=O) groups is 2. The molecular formula is C29H30N2O2S. The molecule has 1 atom stereocenters. The van der Waals surface area contributed by atoms with Crippen LogP contribution in [0.2, 0.25) is 0 Å². The van der Waals surface area contributed by atoms with E-state index in [9.17, 15) is 9.59 Å². The average Bonchev–Trinajstić information content (AvgIpc) is 3.66. The third-order valence-corrected chi connectivity index (χ3v) is 7.75. The summed E-state index contributed by atoms with van der Waals surface area (Å²) in [6.45, 7) is 0.659. The highest BCUT2D eigenvalue weighted by Crippen LogP contribution is 2.44. The third-order valence-electron chi connectivity index (χ3n) is 6.54. The van der Waals surface area contributed by atoms with E-state index in [1.807, 2.05) is 35.2 Å². The summed E-state index contributed by atoms with van der Waals surface area (Å²) >= 11 is 1.62. The van der Waals surface area contributed by atoms with Crippen molar-refractivity contribution in [3.63, 3.8) is 0 Å². The molecule has 5 heteroatoms. The number of rotatable bonds is 9. The minimum atomic E-state index is -0.113. The molecule has 34 heavy (non-hydrogen) atoms. The summed E-state index contributed by atoms with van der Waals surface area (Å²) in [6, 6.07) is 26.6. The Balaban J connectivity index is 1.20. The second-order valence-corrected chi connectivity index (χ2v) is 10.2. The van der Waals surface area contributed by atoms with E-state index in [2.05, 4.69) is 53.8 Å². The number of aryl methyl sites for hydroxylation is 1. The van der Waals surface area contributed by atoms with Crippen LogP contribution in [0.3, 0.4) is 0 Å². The molecule has 2 aliphatic rings. The van der Waals surface area contributed by atoms with Gasteiger partial charge >= 0.3 is 0 Å². The van der Waals surface area contributed by atoms with E-state index in [1.54, 1.807) is 11.8 Å². The van der Waals surface area contributed by atoms with Gasteiger partial charge in [-0.2, -0.15) is 0 Å². The molecule has 1 saturated carbocycles. The number of hydrogen-bond acceptors (Lipinski definition) is 3. The summed E-state index contributed by atoms with van der Waals surface area (Å²) in [6.07, 6.45) is 5.54. The minimum Gasteiger partial charge on any atom is -0.352 e. The number of anilines is 1. The molecule has 4 nitrogen and oxygen atoms in total. The lowest BCUT2D eigenvalue weighted by Gasteiger charge is -2.25. The zero-order valence-electron chi connectivity index (χ0n) is 19.3. The van der Waals surface area contributed by atoms with Crippen molar-refractivity contribution in [2.75, 3.05) is 17.2 Å². The molecule has 1 saturated heterocycles. The number of thioether (sulfide) groups is 1. The number of carbonyl (C=O) groups excluding carboxylic acids is 2. The molecule has 5 rings (SSSR count). The fourth-order valence-corrected chi connectivity index (χ4v) is 5.68. The molecule has 0 radical (unpaired) electrons. The van der Waals surface area contributed by atoms with Gasteiger partial charge in [-0.25, -0.2) is 0 Å². The van der Waals surface area contributed by atoms with E-state index in [-0.39, 0.29) is 17.2 Å². The standard InChI is InChI=1S/C29H30N2O2S/c32-27-20-34-29(31(27)26-16-14-23(15-17-26)22-12-13-22)25-11-6-10-24(19-25)28(33)30-18-5-4-9-21-7-2-1-3-8-21/h1-3,6-8,10-11,14-17,19,22,29H,4-5,9,12-13,18,20H2,(H,30,33). The van der Waals surface area contributed by atoms with Gasteiger partial charge < -0.3 is 5.32 Å². The van der Waals surface area contributed by atoms with E-state index in [1.165, 1.54) is 24.0 Å². The van der Waals surface area contributed by atoms with Crippen molar-refractivity contribution >= 4 is 29.3 Å². The van der Waals surface area contributed by atoms with Gasteiger partial charge in [-0.15, -0.1) is 11.8 Å². The Labute approximate surface area is 205 Å². The van der Waals surface area contributed by atoms with Crippen LogP contribution < -0.4 is 10.2 Å². The van der Waals surface area contributed by atoms with Crippen LogP contribution in [0, 0.1) is 0 Å². The number of nitrogens with zero attached hydrogens (tertiary/aromatic N) is 1. The summed E-state index contributed by atoms with van der Waals surface area (Å²) in [5, 5.41) is 2.94. The second kappa shape index (κ2) is 10.5. The predicted octanol–water partition coefficient (Wildman–Crippen LogP) is 6.10. The first-order chi connectivity index (χ1) is 16.7. The Morgan fingerprint density at radius 3 is 2.47 bits per heavy atom. The normalized spacial score (nSPS) is 17.7. The zero-order chi connectivity index (χ0) is 23.3. The van der Waals surface area contributed by atoms with Gasteiger partial charge in [0.15, 0.2) is 0 Å². The maximum Gasteiger partial charge on any atom is 0.251 e. The molecule has 1 aliphatic carbocycles. The van der Waals surface area contributed by atoms with Gasteiger partial charge in [-0.1, -0.05) is 54.6 Å². The maximum atomic E-state index is 12.8. The molecule has 2 amide bonds. The first-order valence-corrected chi connectivity index (χ1v) is 13.2. The van der Waals surface area contributed by atoms with Crippen molar-refractivity contribution < 1.29 is 9.59 Å². The Hall–Kier alpha value is -3.05. The molecular weight excluding hydrogens is 440 g/mol. The van der Waals surface area contributed by atoms with Crippen molar-refractivity contribution in [3.05, 3.63) is 101 Å². The van der Waals surface area contributed by atoms with Gasteiger partial charge in [0.25, 0.3) is 5.91 Å². The summed E-state index contributed by atoms with van der Waals surface area (Å²) in [5.41, 5.74) is 5.25. The van der Waals surface area contributed by atoms with Crippen molar-refractivity contribution in [1.29, 1.82) is 0 Å². The Kier molecular flexibility index (Phi) is 7.00. The van der Waals surface area contributed by atoms with Gasteiger partial charge in [0.1, 0.15) is 5.37 Å². The lowest BCUT2D eigenvalue weighted by Crippen LogP contribution is -2.28. The summed E-state index contributed by atoms with van der Waals surface area (Å²) in [4.78, 5) is 27.4. The molecule has 3 aromatic carbocycles. The molecule has 174 valence electrons. The van der Waals surface area contributed by atoms with Crippen LogP contribution in [0.4, 0.5) is 5.69 Å². The molecule has 1 heterocycles. The predicted molar refractivity (Wildman–Crippen MR) is 139 cm³/mol. The minimum absolute atomic E-state index is 0.0591. The molecule has 0 spiro atoms. The fraction of sp³-hybridized carbons (Fsp3) is 0.310. The topological polar surface area (TPSA) is 49.4 Å². The zero-order valence-corrected chi connectivity index (χ0v) is 20.1. The molecule has 3 aromatic rings. The van der Waals surface area contributed by atoms with Crippen LogP contribution in [0.1, 0.15) is 64.0 Å². The smallest absolute Gasteiger partial charge is 0.251 e. The summed E-state index contributed by atoms with van der Waals surface area (Å²) in [5.74, 6) is 1.20. The van der Waals surface area contributed by atoms with Crippen molar-refractivity contribution in [3.8, 4) is 0 Å². The van der Waals surface area contributed by atoms with Gasteiger partial charge in [0, 0.05) is 17.8 Å². The fourth-order valence-electron chi connectivity index (χ4n) is 4.51. The van der Waals surface area contributed by atoms with E-state index in [0.717, 1.165) is 30.5 Å². The van der Waals surface area contributed by atoms with Gasteiger partial charge in [-0.3, -0.25) is 14.5 Å². The van der Waals surface area contributed by atoms with Gasteiger partial charge in [0.2, 0.25) is 5.91 Å². The highest BCUT2D eigenvalue weighted by molar-refractivity contribution is 8.00. The lowest BCUT2D eigenvalue weighted by atomic mass is 10.1. The number of unbranched alkanes of at least 4 members (excludes halogenated alkanes) is 1. The lowest BCUT2D eigenvalue weighted by molar-refractivity contribution is -0.115. The number of amides is 2. The number of benzene rings is 3. The van der Waals surface area contributed by atoms with E-state index in [4.69, 9.17) is 0 Å². The third kappa shape index (κ3) is 5.36. The van der Waals surface area contributed by atoms with Crippen LogP contribution >= 0.6 is 11.8 Å². The molecule has 1 N–H and O–H groups in total. The van der Waals surface area contributed by atoms with Crippen LogP contribution in [-0.2, 0) is 11.2 Å². The highest BCUT2D eigenvalue weighted by Gasteiger charge is 2.34. The molecule has 1 unspecified atom stereocenters. The summed E-state index contributed by atoms with van der Waals surface area (Å²) < 4.78 is 0. The second-order valence-electron chi connectivity index (χ2n) is 9.12. The van der Waals surface area contributed by atoms with E-state index in [0.29, 0.717) is 23.8 Å². The van der Waals surface area contributed by atoms with E-state index >= 15 is 0 Å². The maximum absolute atomic E-state index is 12.8. The first kappa shape index (κ1) is 22.7. The van der Waals surface area contributed by atoms with E-state index < -0.39 is 0 Å². The Morgan fingerprint density at radius 2 is 1.71 bits per heavy atom. The largest absolute Gasteiger partial charge is 0.352 e. The van der Waals surface area contributed by atoms with Crippen LogP contribution in [0.25, 0.3) is 0 Å². The van der Waals surface area contributed by atoms with Crippen molar-refractivity contribution in [1.82, 2.24) is 5.32 Å². The number of hydrogen-bond donors (Lipinski definition) is 1. The quantitative estimate of drug-likeness (QED) is 0.385. The Morgan fingerprint density at radius 1 is 0.912 bits per heavy atom. The van der Waals surface area contributed by atoms with Gasteiger partial charge in [0.05, 0.1) is 5.75 Å². The monoisotopic (exact) mass is 470 g/mol. The number of nitrogens with one attached hydrogen (secondary N) is 1. The molecule has 0 bridgehead atoms. The van der Waals surface area contributed by atoms with Gasteiger partial charge in [-0.05, 0) is 79.0 Å². The van der Waals surface area contributed by atoms with Crippen molar-refractivity contribution in [2.45, 2.75) is 43.4 Å².